The van der Waals surface area contributed by atoms with Crippen LogP contribution in [0.25, 0.3) is 0 Å². The molecule has 160 valence electrons. The molecule has 0 unspecified atom stereocenters. The highest BCUT2D eigenvalue weighted by Gasteiger charge is 2.28. The van der Waals surface area contributed by atoms with Crippen molar-refractivity contribution in [2.45, 2.75) is 39.0 Å². The number of methoxy groups -OCH3 is 1. The Labute approximate surface area is 186 Å². The third-order valence-corrected chi connectivity index (χ3v) is 6.10. The van der Waals surface area contributed by atoms with Gasteiger partial charge in [-0.1, -0.05) is 42.8 Å². The molecule has 6 heteroatoms. The molecule has 0 saturated carbocycles. The second-order valence-electron chi connectivity index (χ2n) is 8.73. The van der Waals surface area contributed by atoms with Crippen molar-refractivity contribution in [3.05, 3.63) is 58.1 Å². The summed E-state index contributed by atoms with van der Waals surface area (Å²) >= 11 is 3.39. The van der Waals surface area contributed by atoms with Crippen LogP contribution in [0.5, 0.6) is 5.75 Å². The highest BCUT2D eigenvalue weighted by Crippen LogP contribution is 2.32. The lowest BCUT2D eigenvalue weighted by Crippen LogP contribution is -2.41. The number of hydrogen-bond acceptors (Lipinski definition) is 3. The van der Waals surface area contributed by atoms with Gasteiger partial charge >= 0.3 is 0 Å². The van der Waals surface area contributed by atoms with E-state index in [-0.39, 0.29) is 23.1 Å². The molecule has 2 aromatic rings. The monoisotopic (exact) mass is 472 g/mol. The van der Waals surface area contributed by atoms with Crippen LogP contribution in [0.1, 0.15) is 49.5 Å². The van der Waals surface area contributed by atoms with Crippen molar-refractivity contribution in [2.75, 3.05) is 25.5 Å². The largest absolute Gasteiger partial charge is 0.495 e. The molecule has 3 rings (SSSR count). The molecule has 0 aliphatic carbocycles. The molecule has 1 aliphatic heterocycles. The van der Waals surface area contributed by atoms with Crippen LogP contribution >= 0.6 is 15.9 Å². The number of benzene rings is 2. The zero-order valence-corrected chi connectivity index (χ0v) is 19.6. The standard InChI is InChI=1S/C24H29BrN2O3/c1-24(2,3)18-7-10-21(30-4)20(15-18)26-22(28)16-11-13-27(14-12-16)23(29)17-5-8-19(25)9-6-17/h5-10,15-16H,11-14H2,1-4H3,(H,26,28). The molecule has 5 nitrogen and oxygen atoms in total. The second kappa shape index (κ2) is 9.21. The molecule has 0 spiro atoms. The van der Waals surface area contributed by atoms with Gasteiger partial charge in [-0.05, 0) is 60.2 Å². The summed E-state index contributed by atoms with van der Waals surface area (Å²) in [5.41, 5.74) is 2.48. The van der Waals surface area contributed by atoms with Gasteiger partial charge in [0.1, 0.15) is 5.75 Å². The number of ether oxygens (including phenoxy) is 1. The molecule has 0 aromatic heterocycles. The van der Waals surface area contributed by atoms with Crippen LogP contribution in [0.2, 0.25) is 0 Å². The van der Waals surface area contributed by atoms with Crippen molar-refractivity contribution in [1.82, 2.24) is 4.90 Å². The number of piperidine rings is 1. The lowest BCUT2D eigenvalue weighted by molar-refractivity contribution is -0.121. The molecule has 1 heterocycles. The minimum absolute atomic E-state index is 0.0147. The fraction of sp³-hybridized carbons (Fsp3) is 0.417. The third-order valence-electron chi connectivity index (χ3n) is 5.57. The predicted molar refractivity (Wildman–Crippen MR) is 123 cm³/mol. The Bertz CT molecular complexity index is 911. The van der Waals surface area contributed by atoms with Gasteiger partial charge < -0.3 is 15.0 Å². The van der Waals surface area contributed by atoms with Crippen LogP contribution in [0.15, 0.2) is 46.9 Å². The number of amides is 2. The number of carbonyl (C=O) groups excluding carboxylic acids is 2. The number of hydrogen-bond donors (Lipinski definition) is 1. The van der Waals surface area contributed by atoms with Gasteiger partial charge in [-0.2, -0.15) is 0 Å². The summed E-state index contributed by atoms with van der Waals surface area (Å²) in [5, 5.41) is 3.05. The van der Waals surface area contributed by atoms with Crippen molar-refractivity contribution in [3.63, 3.8) is 0 Å². The van der Waals surface area contributed by atoms with Crippen molar-refractivity contribution in [3.8, 4) is 5.75 Å². The SMILES string of the molecule is COc1ccc(C(C)(C)C)cc1NC(=O)C1CCN(C(=O)c2ccc(Br)cc2)CC1. The van der Waals surface area contributed by atoms with Gasteiger partial charge in [0.15, 0.2) is 0 Å². The highest BCUT2D eigenvalue weighted by molar-refractivity contribution is 9.10. The highest BCUT2D eigenvalue weighted by atomic mass is 79.9. The van der Waals surface area contributed by atoms with E-state index in [2.05, 4.69) is 42.0 Å². The van der Waals surface area contributed by atoms with Crippen LogP contribution in [-0.4, -0.2) is 36.9 Å². The summed E-state index contributed by atoms with van der Waals surface area (Å²) < 4.78 is 6.38. The second-order valence-corrected chi connectivity index (χ2v) is 9.64. The summed E-state index contributed by atoms with van der Waals surface area (Å²) in [5.74, 6) is 0.525. The number of halogens is 1. The van der Waals surface area contributed by atoms with Crippen molar-refractivity contribution in [2.24, 2.45) is 5.92 Å². The van der Waals surface area contributed by atoms with E-state index < -0.39 is 0 Å². The van der Waals surface area contributed by atoms with Crippen LogP contribution in [0.4, 0.5) is 5.69 Å². The number of anilines is 1. The van der Waals surface area contributed by atoms with E-state index in [0.717, 1.165) is 10.0 Å². The first-order chi connectivity index (χ1) is 14.2. The van der Waals surface area contributed by atoms with E-state index in [1.165, 1.54) is 0 Å². The van der Waals surface area contributed by atoms with Gasteiger partial charge in [0, 0.05) is 29.0 Å². The molecule has 1 aliphatic rings. The molecule has 0 radical (unpaired) electrons. The number of likely N-dealkylation sites (tertiary alicyclic amines) is 1. The van der Waals surface area contributed by atoms with E-state index >= 15 is 0 Å². The molecule has 2 aromatic carbocycles. The van der Waals surface area contributed by atoms with Crippen LogP contribution in [-0.2, 0) is 10.2 Å². The van der Waals surface area contributed by atoms with E-state index in [0.29, 0.717) is 42.9 Å². The van der Waals surface area contributed by atoms with Gasteiger partial charge in [0.2, 0.25) is 5.91 Å². The molecule has 30 heavy (non-hydrogen) atoms. The average molecular weight is 473 g/mol. The number of nitrogens with one attached hydrogen (secondary N) is 1. The van der Waals surface area contributed by atoms with E-state index in [4.69, 9.17) is 4.74 Å². The fourth-order valence-corrected chi connectivity index (χ4v) is 3.89. The first kappa shape index (κ1) is 22.3. The fourth-order valence-electron chi connectivity index (χ4n) is 3.63. The van der Waals surface area contributed by atoms with E-state index in [1.54, 1.807) is 7.11 Å². The van der Waals surface area contributed by atoms with E-state index in [1.807, 2.05) is 47.4 Å². The first-order valence-electron chi connectivity index (χ1n) is 10.2. The number of carbonyl (C=O) groups is 2. The summed E-state index contributed by atoms with van der Waals surface area (Å²) in [6.45, 7) is 7.56. The summed E-state index contributed by atoms with van der Waals surface area (Å²) in [4.78, 5) is 27.4. The van der Waals surface area contributed by atoms with Crippen LogP contribution in [0, 0.1) is 5.92 Å². The number of nitrogens with zero attached hydrogens (tertiary/aromatic N) is 1. The first-order valence-corrected chi connectivity index (χ1v) is 11.0. The van der Waals surface area contributed by atoms with Crippen molar-refractivity contribution >= 4 is 33.4 Å². The lowest BCUT2D eigenvalue weighted by Gasteiger charge is -2.31. The molecule has 1 N–H and O–H groups in total. The Morgan fingerprint density at radius 1 is 1.07 bits per heavy atom. The van der Waals surface area contributed by atoms with Gasteiger partial charge in [-0.15, -0.1) is 0 Å². The molecule has 0 atom stereocenters. The maximum atomic E-state index is 12.9. The van der Waals surface area contributed by atoms with Crippen molar-refractivity contribution in [1.29, 1.82) is 0 Å². The smallest absolute Gasteiger partial charge is 0.253 e. The summed E-state index contributed by atoms with van der Waals surface area (Å²) in [6, 6.07) is 13.3. The normalized spacial score (nSPS) is 15.0. The van der Waals surface area contributed by atoms with Crippen LogP contribution in [0.3, 0.4) is 0 Å². The van der Waals surface area contributed by atoms with Gasteiger partial charge in [0.05, 0.1) is 12.8 Å². The maximum Gasteiger partial charge on any atom is 0.253 e. The molecule has 1 saturated heterocycles. The van der Waals surface area contributed by atoms with Gasteiger partial charge in [0.25, 0.3) is 5.91 Å². The Morgan fingerprint density at radius 2 is 1.70 bits per heavy atom. The van der Waals surface area contributed by atoms with Crippen molar-refractivity contribution < 1.29 is 14.3 Å². The minimum Gasteiger partial charge on any atom is -0.495 e. The van der Waals surface area contributed by atoms with E-state index in [9.17, 15) is 9.59 Å². The zero-order chi connectivity index (χ0) is 21.9. The third kappa shape index (κ3) is 5.22. The summed E-state index contributed by atoms with van der Waals surface area (Å²) in [6.07, 6.45) is 1.30. The molecule has 0 bridgehead atoms. The van der Waals surface area contributed by atoms with Gasteiger partial charge in [-0.3, -0.25) is 9.59 Å². The molecular weight excluding hydrogens is 444 g/mol. The number of rotatable bonds is 4. The Kier molecular flexibility index (Phi) is 6.86. The molecule has 2 amide bonds. The maximum absolute atomic E-state index is 12.9. The predicted octanol–water partition coefficient (Wildman–Crippen LogP) is 5.25. The minimum atomic E-state index is -0.123. The summed E-state index contributed by atoms with van der Waals surface area (Å²) in [7, 11) is 1.61. The molecular formula is C24H29BrN2O3. The Balaban J connectivity index is 1.63. The quantitative estimate of drug-likeness (QED) is 0.660. The lowest BCUT2D eigenvalue weighted by atomic mass is 9.86. The van der Waals surface area contributed by atoms with Crippen LogP contribution < -0.4 is 10.1 Å². The van der Waals surface area contributed by atoms with Gasteiger partial charge in [-0.25, -0.2) is 0 Å². The Morgan fingerprint density at radius 3 is 2.27 bits per heavy atom. The topological polar surface area (TPSA) is 58.6 Å². The molecule has 1 fully saturated rings. The Hall–Kier alpha value is -2.34. The average Bonchev–Trinajstić information content (AvgIpc) is 2.73. The zero-order valence-electron chi connectivity index (χ0n) is 18.0.